The number of anilines is 2. The number of amides is 2. The van der Waals surface area contributed by atoms with Crippen molar-refractivity contribution in [2.75, 3.05) is 24.4 Å². The Hall–Kier alpha value is -3.70. The van der Waals surface area contributed by atoms with Gasteiger partial charge in [-0.3, -0.25) is 19.1 Å². The number of hydrogen-bond donors (Lipinski definition) is 4. The Morgan fingerprint density at radius 1 is 1.13 bits per heavy atom. The average Bonchev–Trinajstić information content (AvgIpc) is 3.36. The molecule has 0 spiro atoms. The van der Waals surface area contributed by atoms with Gasteiger partial charge in [0.2, 0.25) is 5.91 Å². The fraction of sp³-hybridized carbons (Fsp3) is 0.100. The third kappa shape index (κ3) is 4.42. The summed E-state index contributed by atoms with van der Waals surface area (Å²) in [5.74, 6) is -1.25. The molecule has 31 heavy (non-hydrogen) atoms. The van der Waals surface area contributed by atoms with Gasteiger partial charge in [0.1, 0.15) is 12.3 Å². The summed E-state index contributed by atoms with van der Waals surface area (Å²) in [6.07, 6.45) is 0. The Labute approximate surface area is 183 Å². The number of fused-ring (bicyclic) bond motifs is 1. The van der Waals surface area contributed by atoms with E-state index in [1.807, 2.05) is 6.07 Å². The standard InChI is InChI=1S/C20H16BrN5O5/c1-30-9-16(27)22-14-4-2-3-10-7-15(23-17(10)14)19(28)24-13-6-5-11(21)8-12(13)18-25-20(29)31-26-18/h2-8,23H,9H2,1H3,(H,22,27)(H,24,28)(H,25,26,29). The van der Waals surface area contributed by atoms with Crippen LogP contribution in [0.15, 0.2) is 56.3 Å². The van der Waals surface area contributed by atoms with Gasteiger partial charge >= 0.3 is 5.76 Å². The van der Waals surface area contributed by atoms with Gasteiger partial charge in [0, 0.05) is 22.5 Å². The first-order valence-electron chi connectivity index (χ1n) is 9.02. The molecule has 2 heterocycles. The zero-order valence-corrected chi connectivity index (χ0v) is 17.7. The van der Waals surface area contributed by atoms with Gasteiger partial charge in [-0.1, -0.05) is 33.2 Å². The number of nitrogens with zero attached hydrogens (tertiary/aromatic N) is 1. The molecule has 0 fully saturated rings. The highest BCUT2D eigenvalue weighted by molar-refractivity contribution is 9.10. The van der Waals surface area contributed by atoms with E-state index in [-0.39, 0.29) is 24.0 Å². The smallest absolute Gasteiger partial charge is 0.375 e. The Morgan fingerprint density at radius 3 is 2.71 bits per heavy atom. The van der Waals surface area contributed by atoms with Gasteiger partial charge in [0.15, 0.2) is 5.82 Å². The molecule has 0 aliphatic heterocycles. The van der Waals surface area contributed by atoms with Crippen molar-refractivity contribution in [2.24, 2.45) is 0 Å². The van der Waals surface area contributed by atoms with Crippen LogP contribution in [0.2, 0.25) is 0 Å². The summed E-state index contributed by atoms with van der Waals surface area (Å²) in [7, 11) is 1.43. The normalized spacial score (nSPS) is 10.9. The molecular weight excluding hydrogens is 470 g/mol. The van der Waals surface area contributed by atoms with Gasteiger partial charge in [-0.2, -0.15) is 0 Å². The first-order chi connectivity index (χ1) is 14.9. The van der Waals surface area contributed by atoms with Crippen LogP contribution in [0.25, 0.3) is 22.3 Å². The molecule has 11 heteroatoms. The summed E-state index contributed by atoms with van der Waals surface area (Å²) in [5.41, 5.74) is 2.31. The number of aromatic amines is 2. The van der Waals surface area contributed by atoms with E-state index >= 15 is 0 Å². The second-order valence-electron chi connectivity index (χ2n) is 6.52. The number of H-pyrrole nitrogens is 2. The summed E-state index contributed by atoms with van der Waals surface area (Å²) in [4.78, 5) is 41.6. The summed E-state index contributed by atoms with van der Waals surface area (Å²) in [5, 5.41) is 9.97. The van der Waals surface area contributed by atoms with Crippen LogP contribution in [0, 0.1) is 0 Å². The monoisotopic (exact) mass is 485 g/mol. The zero-order valence-electron chi connectivity index (χ0n) is 16.1. The van der Waals surface area contributed by atoms with E-state index in [0.29, 0.717) is 22.5 Å². The van der Waals surface area contributed by atoms with Crippen molar-refractivity contribution < 1.29 is 18.8 Å². The quantitative estimate of drug-likeness (QED) is 0.330. The number of benzene rings is 2. The average molecular weight is 486 g/mol. The van der Waals surface area contributed by atoms with Crippen molar-refractivity contribution in [1.82, 2.24) is 15.1 Å². The Morgan fingerprint density at radius 2 is 1.97 bits per heavy atom. The van der Waals surface area contributed by atoms with Gasteiger partial charge in [-0.05, 0) is 30.3 Å². The van der Waals surface area contributed by atoms with Gasteiger partial charge in [0.25, 0.3) is 5.91 Å². The number of carbonyl (C=O) groups excluding carboxylic acids is 2. The van der Waals surface area contributed by atoms with Crippen LogP contribution in [0.5, 0.6) is 0 Å². The molecule has 0 radical (unpaired) electrons. The number of aromatic nitrogens is 3. The molecule has 2 aromatic carbocycles. The van der Waals surface area contributed by atoms with E-state index in [0.717, 1.165) is 9.86 Å². The highest BCUT2D eigenvalue weighted by Gasteiger charge is 2.17. The van der Waals surface area contributed by atoms with Crippen LogP contribution in [-0.4, -0.2) is 40.7 Å². The number of methoxy groups -OCH3 is 1. The summed E-state index contributed by atoms with van der Waals surface area (Å²) in [6.45, 7) is -0.0824. The highest BCUT2D eigenvalue weighted by Crippen LogP contribution is 2.29. The van der Waals surface area contributed by atoms with Gasteiger partial charge in [0.05, 0.1) is 16.9 Å². The van der Waals surface area contributed by atoms with E-state index in [2.05, 4.69) is 46.2 Å². The molecule has 4 N–H and O–H groups in total. The van der Waals surface area contributed by atoms with Crippen molar-refractivity contribution in [2.45, 2.75) is 0 Å². The minimum Gasteiger partial charge on any atom is -0.375 e. The molecule has 4 rings (SSSR count). The maximum absolute atomic E-state index is 12.9. The minimum atomic E-state index is -0.703. The van der Waals surface area contributed by atoms with Crippen molar-refractivity contribution in [1.29, 1.82) is 0 Å². The number of rotatable bonds is 6. The maximum Gasteiger partial charge on any atom is 0.439 e. The van der Waals surface area contributed by atoms with E-state index in [1.165, 1.54) is 7.11 Å². The fourth-order valence-electron chi connectivity index (χ4n) is 3.06. The molecule has 0 saturated carbocycles. The Bertz CT molecular complexity index is 1340. The van der Waals surface area contributed by atoms with E-state index < -0.39 is 11.7 Å². The zero-order chi connectivity index (χ0) is 22.0. The van der Waals surface area contributed by atoms with Crippen LogP contribution in [-0.2, 0) is 9.53 Å². The number of carbonyl (C=O) groups is 2. The Kier molecular flexibility index (Phi) is 5.69. The summed E-state index contributed by atoms with van der Waals surface area (Å²) in [6, 6.07) is 12.1. The first kappa shape index (κ1) is 20.6. The lowest BCUT2D eigenvalue weighted by Crippen LogP contribution is -2.17. The number of hydrogen-bond acceptors (Lipinski definition) is 6. The second-order valence-corrected chi connectivity index (χ2v) is 7.44. The maximum atomic E-state index is 12.9. The van der Waals surface area contributed by atoms with Crippen molar-refractivity contribution in [3.8, 4) is 11.4 Å². The molecule has 0 atom stereocenters. The molecule has 0 unspecified atom stereocenters. The minimum absolute atomic E-state index is 0.0824. The molecule has 0 bridgehead atoms. The van der Waals surface area contributed by atoms with Crippen molar-refractivity contribution in [3.63, 3.8) is 0 Å². The number of halogens is 1. The molecule has 0 aliphatic rings. The lowest BCUT2D eigenvalue weighted by Gasteiger charge is -2.09. The summed E-state index contributed by atoms with van der Waals surface area (Å²) >= 11 is 3.36. The molecule has 2 amide bonds. The largest absolute Gasteiger partial charge is 0.439 e. The van der Waals surface area contributed by atoms with E-state index in [9.17, 15) is 14.4 Å². The fourth-order valence-corrected chi connectivity index (χ4v) is 3.42. The molecule has 2 aromatic heterocycles. The van der Waals surface area contributed by atoms with Crippen LogP contribution in [0.3, 0.4) is 0 Å². The number of ether oxygens (including phenoxy) is 1. The van der Waals surface area contributed by atoms with Crippen LogP contribution in [0.4, 0.5) is 11.4 Å². The van der Waals surface area contributed by atoms with Gasteiger partial charge < -0.3 is 20.4 Å². The topological polar surface area (TPSA) is 142 Å². The first-order valence-corrected chi connectivity index (χ1v) is 9.81. The van der Waals surface area contributed by atoms with Crippen LogP contribution >= 0.6 is 15.9 Å². The number of nitrogens with one attached hydrogen (secondary N) is 4. The molecule has 0 saturated heterocycles. The number of para-hydroxylation sites is 1. The lowest BCUT2D eigenvalue weighted by atomic mass is 10.1. The van der Waals surface area contributed by atoms with Crippen molar-refractivity contribution in [3.05, 3.63) is 63.2 Å². The SMILES string of the molecule is COCC(=O)Nc1cccc2cc(C(=O)Nc3ccc(Br)cc3-c3noc(=O)[nH]3)[nH]c12. The molecule has 4 aromatic rings. The predicted molar refractivity (Wildman–Crippen MR) is 117 cm³/mol. The highest BCUT2D eigenvalue weighted by atomic mass is 79.9. The molecular formula is C20H16BrN5O5. The lowest BCUT2D eigenvalue weighted by molar-refractivity contribution is -0.119. The molecule has 0 aliphatic carbocycles. The van der Waals surface area contributed by atoms with Crippen LogP contribution < -0.4 is 16.4 Å². The van der Waals surface area contributed by atoms with Crippen molar-refractivity contribution >= 4 is 50.0 Å². The molecule has 10 nitrogen and oxygen atoms in total. The predicted octanol–water partition coefficient (Wildman–Crippen LogP) is 3.11. The van der Waals surface area contributed by atoms with E-state index in [4.69, 9.17) is 4.74 Å². The Balaban J connectivity index is 1.64. The van der Waals surface area contributed by atoms with Crippen LogP contribution in [0.1, 0.15) is 10.5 Å². The second kappa shape index (κ2) is 8.58. The van der Waals surface area contributed by atoms with E-state index in [1.54, 1.807) is 36.4 Å². The van der Waals surface area contributed by atoms with Gasteiger partial charge in [-0.15, -0.1) is 0 Å². The molecule has 158 valence electrons. The van der Waals surface area contributed by atoms with Gasteiger partial charge in [-0.25, -0.2) is 4.79 Å². The third-order valence-corrected chi connectivity index (χ3v) is 4.87. The third-order valence-electron chi connectivity index (χ3n) is 4.38. The summed E-state index contributed by atoms with van der Waals surface area (Å²) < 4.78 is 10.1.